The summed E-state index contributed by atoms with van der Waals surface area (Å²) in [5.74, 6) is 0.685. The number of rotatable bonds is 5. The van der Waals surface area contributed by atoms with Crippen LogP contribution in [0.5, 0.6) is 0 Å². The molecule has 2 heterocycles. The predicted octanol–water partition coefficient (Wildman–Crippen LogP) is 3.39. The van der Waals surface area contributed by atoms with E-state index in [2.05, 4.69) is 47.8 Å². The molecule has 0 spiro atoms. The van der Waals surface area contributed by atoms with Gasteiger partial charge >= 0.3 is 0 Å². The summed E-state index contributed by atoms with van der Waals surface area (Å²) in [6, 6.07) is 2.11. The standard InChI is InChI=1S/C16H24N2OS/c1-4-11(2)13-15(19)18(10-16(3)6-7-16)14(17-13)12-5-8-20-9-12/h5,8-9,11,13-14,17H,4,6-7,10H2,1-3H3. The van der Waals surface area contributed by atoms with E-state index in [1.54, 1.807) is 11.3 Å². The minimum atomic E-state index is -0.0211. The summed E-state index contributed by atoms with van der Waals surface area (Å²) in [6.45, 7) is 7.51. The maximum Gasteiger partial charge on any atom is 0.241 e. The smallest absolute Gasteiger partial charge is 0.241 e. The molecule has 0 bridgehead atoms. The van der Waals surface area contributed by atoms with Gasteiger partial charge in [0.25, 0.3) is 0 Å². The van der Waals surface area contributed by atoms with Gasteiger partial charge in [-0.05, 0) is 46.6 Å². The number of carbonyl (C=O) groups is 1. The van der Waals surface area contributed by atoms with Crippen LogP contribution in [-0.2, 0) is 4.79 Å². The Labute approximate surface area is 125 Å². The van der Waals surface area contributed by atoms with Crippen molar-refractivity contribution < 1.29 is 4.79 Å². The Morgan fingerprint density at radius 3 is 2.85 bits per heavy atom. The van der Waals surface area contributed by atoms with Gasteiger partial charge in [-0.15, -0.1) is 0 Å². The van der Waals surface area contributed by atoms with E-state index in [1.165, 1.54) is 18.4 Å². The van der Waals surface area contributed by atoms with E-state index in [1.807, 2.05) is 0 Å². The maximum atomic E-state index is 12.8. The highest BCUT2D eigenvalue weighted by molar-refractivity contribution is 7.07. The first-order valence-corrected chi connectivity index (χ1v) is 8.57. The number of hydrogen-bond acceptors (Lipinski definition) is 3. The molecule has 1 N–H and O–H groups in total. The number of hydrogen-bond donors (Lipinski definition) is 1. The lowest BCUT2D eigenvalue weighted by Crippen LogP contribution is -2.37. The van der Waals surface area contributed by atoms with E-state index in [-0.39, 0.29) is 12.2 Å². The van der Waals surface area contributed by atoms with Crippen LogP contribution >= 0.6 is 11.3 Å². The molecule has 1 aliphatic heterocycles. The highest BCUT2D eigenvalue weighted by Gasteiger charge is 2.47. The zero-order chi connectivity index (χ0) is 14.3. The van der Waals surface area contributed by atoms with Crippen molar-refractivity contribution in [2.45, 2.75) is 52.2 Å². The summed E-state index contributed by atoms with van der Waals surface area (Å²) < 4.78 is 0. The number of nitrogens with zero attached hydrogens (tertiary/aromatic N) is 1. The number of amides is 1. The van der Waals surface area contributed by atoms with Crippen LogP contribution in [0.3, 0.4) is 0 Å². The van der Waals surface area contributed by atoms with Crippen LogP contribution in [0.2, 0.25) is 0 Å². The summed E-state index contributed by atoms with van der Waals surface area (Å²) in [5.41, 5.74) is 1.59. The van der Waals surface area contributed by atoms with Gasteiger partial charge in [0, 0.05) is 6.54 Å². The third-order valence-electron chi connectivity index (χ3n) is 4.93. The summed E-state index contributed by atoms with van der Waals surface area (Å²) in [6.07, 6.45) is 3.61. The second-order valence-corrected chi connectivity index (χ2v) is 7.55. The van der Waals surface area contributed by atoms with Crippen LogP contribution < -0.4 is 5.32 Å². The number of thiophene rings is 1. The molecule has 1 saturated heterocycles. The Morgan fingerprint density at radius 1 is 1.55 bits per heavy atom. The van der Waals surface area contributed by atoms with E-state index < -0.39 is 0 Å². The van der Waals surface area contributed by atoms with Gasteiger partial charge in [-0.2, -0.15) is 11.3 Å². The van der Waals surface area contributed by atoms with Crippen molar-refractivity contribution in [2.75, 3.05) is 6.54 Å². The Hall–Kier alpha value is -0.870. The highest BCUT2D eigenvalue weighted by Crippen LogP contribution is 2.47. The monoisotopic (exact) mass is 292 g/mol. The van der Waals surface area contributed by atoms with Gasteiger partial charge in [-0.1, -0.05) is 27.2 Å². The minimum absolute atomic E-state index is 0.0211. The molecule has 4 heteroatoms. The van der Waals surface area contributed by atoms with Gasteiger partial charge in [0.2, 0.25) is 5.91 Å². The quantitative estimate of drug-likeness (QED) is 0.902. The van der Waals surface area contributed by atoms with Crippen LogP contribution in [-0.4, -0.2) is 23.4 Å². The number of carbonyl (C=O) groups excluding carboxylic acids is 1. The van der Waals surface area contributed by atoms with Crippen molar-refractivity contribution in [3.05, 3.63) is 22.4 Å². The van der Waals surface area contributed by atoms with Crippen LogP contribution in [0.25, 0.3) is 0 Å². The van der Waals surface area contributed by atoms with E-state index in [0.717, 1.165) is 13.0 Å². The predicted molar refractivity (Wildman–Crippen MR) is 82.5 cm³/mol. The van der Waals surface area contributed by atoms with Crippen LogP contribution in [0.4, 0.5) is 0 Å². The SMILES string of the molecule is CCC(C)C1NC(c2ccsc2)N(CC2(C)CC2)C1=O. The summed E-state index contributed by atoms with van der Waals surface area (Å²) in [5, 5.41) is 7.83. The Kier molecular flexibility index (Phi) is 3.63. The Balaban J connectivity index is 1.84. The van der Waals surface area contributed by atoms with E-state index in [0.29, 0.717) is 17.2 Å². The fraction of sp³-hybridized carbons (Fsp3) is 0.688. The number of nitrogens with one attached hydrogen (secondary N) is 1. The van der Waals surface area contributed by atoms with Crippen molar-refractivity contribution >= 4 is 17.2 Å². The lowest BCUT2D eigenvalue weighted by Gasteiger charge is -2.26. The molecule has 1 amide bonds. The molecule has 0 aromatic carbocycles. The molecule has 20 heavy (non-hydrogen) atoms. The highest BCUT2D eigenvalue weighted by atomic mass is 32.1. The molecule has 1 aromatic heterocycles. The first kappa shape index (κ1) is 14.1. The normalized spacial score (nSPS) is 29.8. The van der Waals surface area contributed by atoms with Gasteiger partial charge in [0.1, 0.15) is 6.17 Å². The van der Waals surface area contributed by atoms with E-state index in [9.17, 15) is 4.79 Å². The van der Waals surface area contributed by atoms with Gasteiger partial charge in [-0.3, -0.25) is 10.1 Å². The molecule has 2 aliphatic rings. The zero-order valence-corrected chi connectivity index (χ0v) is 13.4. The molecule has 110 valence electrons. The second-order valence-electron chi connectivity index (χ2n) is 6.77. The molecule has 1 saturated carbocycles. The zero-order valence-electron chi connectivity index (χ0n) is 12.6. The fourth-order valence-electron chi connectivity index (χ4n) is 2.94. The molecule has 1 aliphatic carbocycles. The van der Waals surface area contributed by atoms with Crippen molar-refractivity contribution in [2.24, 2.45) is 11.3 Å². The average molecular weight is 292 g/mol. The minimum Gasteiger partial charge on any atom is -0.321 e. The first-order chi connectivity index (χ1) is 9.54. The summed E-state index contributed by atoms with van der Waals surface area (Å²) in [7, 11) is 0. The fourth-order valence-corrected chi connectivity index (χ4v) is 3.62. The molecule has 3 atom stereocenters. The third kappa shape index (κ3) is 2.51. The Bertz CT molecular complexity index is 481. The molecule has 3 rings (SSSR count). The van der Waals surface area contributed by atoms with Crippen molar-refractivity contribution in [3.63, 3.8) is 0 Å². The summed E-state index contributed by atoms with van der Waals surface area (Å²) >= 11 is 1.70. The molecule has 2 fully saturated rings. The molecule has 3 nitrogen and oxygen atoms in total. The largest absolute Gasteiger partial charge is 0.321 e. The van der Waals surface area contributed by atoms with Crippen molar-refractivity contribution in [3.8, 4) is 0 Å². The van der Waals surface area contributed by atoms with Crippen LogP contribution in [0.1, 0.15) is 51.8 Å². The van der Waals surface area contributed by atoms with Crippen LogP contribution in [0.15, 0.2) is 16.8 Å². The molecular weight excluding hydrogens is 268 g/mol. The van der Waals surface area contributed by atoms with Gasteiger partial charge in [0.05, 0.1) is 6.04 Å². The topological polar surface area (TPSA) is 32.3 Å². The van der Waals surface area contributed by atoms with E-state index >= 15 is 0 Å². The lowest BCUT2D eigenvalue weighted by atomic mass is 9.99. The van der Waals surface area contributed by atoms with E-state index in [4.69, 9.17) is 0 Å². The van der Waals surface area contributed by atoms with Crippen molar-refractivity contribution in [1.82, 2.24) is 10.2 Å². The maximum absolute atomic E-state index is 12.8. The second kappa shape index (κ2) is 5.15. The van der Waals surface area contributed by atoms with Crippen LogP contribution in [0, 0.1) is 11.3 Å². The molecule has 1 aromatic rings. The molecule has 3 unspecified atom stereocenters. The lowest BCUT2D eigenvalue weighted by molar-refractivity contribution is -0.131. The average Bonchev–Trinajstić information content (AvgIpc) is 2.85. The third-order valence-corrected chi connectivity index (χ3v) is 5.63. The summed E-state index contributed by atoms with van der Waals surface area (Å²) in [4.78, 5) is 14.9. The first-order valence-electron chi connectivity index (χ1n) is 7.63. The Morgan fingerprint density at radius 2 is 2.30 bits per heavy atom. The molecular formula is C16H24N2OS. The van der Waals surface area contributed by atoms with Gasteiger partial charge in [-0.25, -0.2) is 0 Å². The van der Waals surface area contributed by atoms with Crippen molar-refractivity contribution in [1.29, 1.82) is 0 Å². The van der Waals surface area contributed by atoms with Gasteiger partial charge in [0.15, 0.2) is 0 Å². The molecule has 0 radical (unpaired) electrons. The van der Waals surface area contributed by atoms with Gasteiger partial charge < -0.3 is 4.90 Å².